The quantitative estimate of drug-likeness (QED) is 0.671. The summed E-state index contributed by atoms with van der Waals surface area (Å²) in [4.78, 5) is 11.4. The zero-order valence-electron chi connectivity index (χ0n) is 6.65. The molecular formula is C9H7NO2S. The molecule has 0 bridgehead atoms. The predicted molar refractivity (Wildman–Crippen MR) is 51.6 cm³/mol. The van der Waals surface area contributed by atoms with Crippen molar-refractivity contribution >= 4 is 23.4 Å². The van der Waals surface area contributed by atoms with E-state index in [4.69, 9.17) is 5.11 Å². The summed E-state index contributed by atoms with van der Waals surface area (Å²) in [6.45, 7) is 0. The molecule has 0 saturated heterocycles. The van der Waals surface area contributed by atoms with Crippen molar-refractivity contribution in [1.82, 2.24) is 0 Å². The molecule has 0 unspecified atom stereocenters. The van der Waals surface area contributed by atoms with Crippen LogP contribution in [0.2, 0.25) is 0 Å². The first kappa shape index (κ1) is 8.19. The number of fused-ring (bicyclic) bond motifs is 1. The molecule has 0 amide bonds. The summed E-state index contributed by atoms with van der Waals surface area (Å²) in [6, 6.07) is 7.72. The summed E-state index contributed by atoms with van der Waals surface area (Å²) < 4.78 is 0. The molecule has 1 heterocycles. The Kier molecular flexibility index (Phi) is 1.98. The van der Waals surface area contributed by atoms with E-state index in [1.165, 1.54) is 17.8 Å². The minimum atomic E-state index is -0.928. The lowest BCUT2D eigenvalue weighted by Gasteiger charge is -1.94. The van der Waals surface area contributed by atoms with Gasteiger partial charge in [0.15, 0.2) is 0 Å². The standard InChI is InChI=1S/C9H7NO2S/c11-9(12)5-8-10-6-3-1-2-4-7(6)13-8/h1-5,10H,(H,11,12). The smallest absolute Gasteiger partial charge is 0.330 e. The molecule has 2 N–H and O–H groups in total. The van der Waals surface area contributed by atoms with Crippen LogP contribution in [0.1, 0.15) is 0 Å². The summed E-state index contributed by atoms with van der Waals surface area (Å²) >= 11 is 1.43. The van der Waals surface area contributed by atoms with E-state index in [2.05, 4.69) is 5.32 Å². The molecule has 1 aliphatic rings. The number of aliphatic carboxylic acids is 1. The Morgan fingerprint density at radius 1 is 1.46 bits per heavy atom. The maximum Gasteiger partial charge on any atom is 0.330 e. The molecule has 3 nitrogen and oxygen atoms in total. The van der Waals surface area contributed by atoms with E-state index in [-0.39, 0.29) is 0 Å². The van der Waals surface area contributed by atoms with E-state index in [0.717, 1.165) is 10.6 Å². The van der Waals surface area contributed by atoms with Gasteiger partial charge in [0.2, 0.25) is 0 Å². The fourth-order valence-corrected chi connectivity index (χ4v) is 2.05. The third-order valence-electron chi connectivity index (χ3n) is 1.62. The number of para-hydroxylation sites is 1. The zero-order valence-corrected chi connectivity index (χ0v) is 7.47. The van der Waals surface area contributed by atoms with Crippen LogP contribution in [0.3, 0.4) is 0 Å². The normalized spacial score (nSPS) is 16.8. The van der Waals surface area contributed by atoms with E-state index in [1.54, 1.807) is 0 Å². The van der Waals surface area contributed by atoms with Crippen LogP contribution >= 0.6 is 11.8 Å². The molecule has 0 radical (unpaired) electrons. The first-order valence-electron chi connectivity index (χ1n) is 3.74. The van der Waals surface area contributed by atoms with Gasteiger partial charge in [0.25, 0.3) is 0 Å². The van der Waals surface area contributed by atoms with Crippen molar-refractivity contribution in [1.29, 1.82) is 0 Å². The van der Waals surface area contributed by atoms with Gasteiger partial charge in [0.1, 0.15) is 0 Å². The second-order valence-electron chi connectivity index (χ2n) is 2.57. The molecule has 0 saturated carbocycles. The molecule has 0 aromatic heterocycles. The first-order valence-corrected chi connectivity index (χ1v) is 4.56. The summed E-state index contributed by atoms with van der Waals surface area (Å²) in [5, 5.41) is 12.2. The van der Waals surface area contributed by atoms with Crippen molar-refractivity contribution in [3.05, 3.63) is 35.4 Å². The van der Waals surface area contributed by atoms with Crippen LogP contribution in [0.15, 0.2) is 40.3 Å². The van der Waals surface area contributed by atoms with Crippen molar-refractivity contribution < 1.29 is 9.90 Å². The minimum absolute atomic E-state index is 0.661. The molecule has 2 rings (SSSR count). The molecule has 0 atom stereocenters. The predicted octanol–water partition coefficient (Wildman–Crippen LogP) is 2.13. The lowest BCUT2D eigenvalue weighted by molar-refractivity contribution is -0.131. The van der Waals surface area contributed by atoms with Crippen LogP contribution in [0, 0.1) is 0 Å². The summed E-state index contributed by atoms with van der Waals surface area (Å²) in [7, 11) is 0. The van der Waals surface area contributed by atoms with Gasteiger partial charge in [0, 0.05) is 4.90 Å². The molecule has 0 aliphatic carbocycles. The van der Waals surface area contributed by atoms with E-state index < -0.39 is 5.97 Å². The number of hydrogen-bond acceptors (Lipinski definition) is 3. The lowest BCUT2D eigenvalue weighted by atomic mass is 10.3. The number of anilines is 1. The number of nitrogens with one attached hydrogen (secondary N) is 1. The molecule has 0 fully saturated rings. The van der Waals surface area contributed by atoms with Gasteiger partial charge in [-0.05, 0) is 12.1 Å². The topological polar surface area (TPSA) is 49.3 Å². The van der Waals surface area contributed by atoms with E-state index >= 15 is 0 Å². The van der Waals surface area contributed by atoms with E-state index in [0.29, 0.717) is 5.03 Å². The van der Waals surface area contributed by atoms with Crippen molar-refractivity contribution in [2.75, 3.05) is 5.32 Å². The highest BCUT2D eigenvalue weighted by atomic mass is 32.2. The number of carboxylic acids is 1. The second kappa shape index (κ2) is 3.14. The average Bonchev–Trinajstić information content (AvgIpc) is 2.44. The Labute approximate surface area is 79.5 Å². The molecule has 1 aliphatic heterocycles. The van der Waals surface area contributed by atoms with Gasteiger partial charge < -0.3 is 10.4 Å². The van der Waals surface area contributed by atoms with Gasteiger partial charge in [-0.25, -0.2) is 4.79 Å². The third kappa shape index (κ3) is 1.67. The molecule has 13 heavy (non-hydrogen) atoms. The summed E-state index contributed by atoms with van der Waals surface area (Å²) in [6.07, 6.45) is 1.17. The largest absolute Gasteiger partial charge is 0.478 e. The van der Waals surface area contributed by atoms with E-state index in [1.807, 2.05) is 24.3 Å². The number of carboxylic acid groups (broad SMARTS) is 1. The number of carbonyl (C=O) groups is 1. The van der Waals surface area contributed by atoms with Crippen LogP contribution in [-0.2, 0) is 4.79 Å². The second-order valence-corrected chi connectivity index (χ2v) is 3.65. The van der Waals surface area contributed by atoms with Gasteiger partial charge in [-0.15, -0.1) is 0 Å². The van der Waals surface area contributed by atoms with E-state index in [9.17, 15) is 4.79 Å². The maximum atomic E-state index is 10.4. The average molecular weight is 193 g/mol. The Morgan fingerprint density at radius 2 is 2.23 bits per heavy atom. The summed E-state index contributed by atoms with van der Waals surface area (Å²) in [5.74, 6) is -0.928. The van der Waals surface area contributed by atoms with Crippen molar-refractivity contribution in [2.24, 2.45) is 0 Å². The summed E-state index contributed by atoms with van der Waals surface area (Å²) in [5.41, 5.74) is 0.972. The van der Waals surface area contributed by atoms with Gasteiger partial charge in [0.05, 0.1) is 16.8 Å². The first-order chi connectivity index (χ1) is 6.25. The van der Waals surface area contributed by atoms with Crippen LogP contribution < -0.4 is 5.32 Å². The molecule has 1 aromatic carbocycles. The number of thioether (sulfide) groups is 1. The zero-order chi connectivity index (χ0) is 9.26. The van der Waals surface area contributed by atoms with Crippen LogP contribution in [-0.4, -0.2) is 11.1 Å². The molecule has 0 spiro atoms. The van der Waals surface area contributed by atoms with Crippen molar-refractivity contribution in [2.45, 2.75) is 4.90 Å². The highest BCUT2D eigenvalue weighted by Crippen LogP contribution is 2.40. The third-order valence-corrected chi connectivity index (χ3v) is 2.64. The van der Waals surface area contributed by atoms with Crippen molar-refractivity contribution in [3.8, 4) is 0 Å². The molecular weight excluding hydrogens is 186 g/mol. The Bertz CT molecular complexity index is 360. The maximum absolute atomic E-state index is 10.4. The van der Waals surface area contributed by atoms with Crippen molar-refractivity contribution in [3.63, 3.8) is 0 Å². The number of rotatable bonds is 1. The van der Waals surface area contributed by atoms with Crippen LogP contribution in [0.25, 0.3) is 0 Å². The molecule has 4 heteroatoms. The number of benzene rings is 1. The highest BCUT2D eigenvalue weighted by Gasteiger charge is 2.15. The number of hydrogen-bond donors (Lipinski definition) is 2. The Balaban J connectivity index is 2.28. The Hall–Kier alpha value is -1.42. The monoisotopic (exact) mass is 193 g/mol. The Morgan fingerprint density at radius 3 is 2.92 bits per heavy atom. The minimum Gasteiger partial charge on any atom is -0.478 e. The highest BCUT2D eigenvalue weighted by molar-refractivity contribution is 8.03. The molecule has 66 valence electrons. The lowest BCUT2D eigenvalue weighted by Crippen LogP contribution is -1.94. The molecule has 1 aromatic rings. The van der Waals surface area contributed by atoms with Gasteiger partial charge in [-0.1, -0.05) is 23.9 Å². The van der Waals surface area contributed by atoms with Gasteiger partial charge in [-0.3, -0.25) is 0 Å². The fraction of sp³-hybridized carbons (Fsp3) is 0. The SMILES string of the molecule is O=C(O)C=C1Nc2ccccc2S1. The fourth-order valence-electron chi connectivity index (χ4n) is 1.11. The van der Waals surface area contributed by atoms with Crippen LogP contribution in [0.5, 0.6) is 0 Å². The van der Waals surface area contributed by atoms with Gasteiger partial charge >= 0.3 is 5.97 Å². The van der Waals surface area contributed by atoms with Crippen LogP contribution in [0.4, 0.5) is 5.69 Å². The van der Waals surface area contributed by atoms with Gasteiger partial charge in [-0.2, -0.15) is 0 Å².